The van der Waals surface area contributed by atoms with Gasteiger partial charge in [0.1, 0.15) is 0 Å². The molecule has 0 aliphatic carbocycles. The number of pyridine rings is 1. The number of benzene rings is 1. The van der Waals surface area contributed by atoms with E-state index in [0.717, 1.165) is 39.6 Å². The quantitative estimate of drug-likeness (QED) is 0.781. The molecule has 0 fully saturated rings. The van der Waals surface area contributed by atoms with Crippen molar-refractivity contribution in [3.05, 3.63) is 59.5 Å². The van der Waals surface area contributed by atoms with E-state index in [1.807, 2.05) is 61.9 Å². The van der Waals surface area contributed by atoms with Crippen molar-refractivity contribution < 1.29 is 0 Å². The zero-order chi connectivity index (χ0) is 15.0. The van der Waals surface area contributed by atoms with E-state index in [1.54, 1.807) is 6.20 Å². The van der Waals surface area contributed by atoms with Crippen molar-refractivity contribution in [2.24, 2.45) is 0 Å². The van der Waals surface area contributed by atoms with Crippen LogP contribution in [0, 0.1) is 20.8 Å². The third-order valence-corrected chi connectivity index (χ3v) is 3.74. The van der Waals surface area contributed by atoms with Crippen LogP contribution in [-0.4, -0.2) is 14.8 Å². The molecule has 0 spiro atoms. The predicted molar refractivity (Wildman–Crippen MR) is 85.4 cm³/mol. The molecule has 3 aromatic rings. The van der Waals surface area contributed by atoms with Crippen molar-refractivity contribution >= 4 is 5.69 Å². The zero-order valence-electron chi connectivity index (χ0n) is 12.5. The molecular formula is C17H18N4. The maximum absolute atomic E-state index is 6.20. The number of nitrogens with two attached hydrogens (primary N) is 1. The lowest BCUT2D eigenvalue weighted by atomic mass is 10.1. The minimum Gasteiger partial charge on any atom is -0.397 e. The molecule has 4 nitrogen and oxygen atoms in total. The zero-order valence-corrected chi connectivity index (χ0v) is 12.5. The topological polar surface area (TPSA) is 56.7 Å². The van der Waals surface area contributed by atoms with E-state index >= 15 is 0 Å². The van der Waals surface area contributed by atoms with Crippen LogP contribution in [0.3, 0.4) is 0 Å². The molecule has 2 aromatic heterocycles. The van der Waals surface area contributed by atoms with Crippen LogP contribution < -0.4 is 5.73 Å². The van der Waals surface area contributed by atoms with Crippen LogP contribution in [0.15, 0.2) is 42.6 Å². The molecule has 0 saturated carbocycles. The lowest BCUT2D eigenvalue weighted by Crippen LogP contribution is -2.00. The summed E-state index contributed by atoms with van der Waals surface area (Å²) in [4.78, 5) is 4.46. The summed E-state index contributed by atoms with van der Waals surface area (Å²) >= 11 is 0. The number of aromatic nitrogens is 3. The van der Waals surface area contributed by atoms with E-state index in [0.29, 0.717) is 0 Å². The van der Waals surface area contributed by atoms with Gasteiger partial charge >= 0.3 is 0 Å². The Morgan fingerprint density at radius 3 is 2.43 bits per heavy atom. The molecule has 0 saturated heterocycles. The van der Waals surface area contributed by atoms with Gasteiger partial charge in [-0.25, -0.2) is 4.68 Å². The Labute approximate surface area is 124 Å². The third-order valence-electron chi connectivity index (χ3n) is 3.74. The van der Waals surface area contributed by atoms with Crippen LogP contribution in [0.5, 0.6) is 0 Å². The van der Waals surface area contributed by atoms with Crippen LogP contribution in [0.1, 0.15) is 17.0 Å². The number of anilines is 1. The van der Waals surface area contributed by atoms with Crippen LogP contribution in [0.2, 0.25) is 0 Å². The second-order valence-corrected chi connectivity index (χ2v) is 5.18. The Balaban J connectivity index is 2.22. The van der Waals surface area contributed by atoms with Gasteiger partial charge in [-0.05, 0) is 44.5 Å². The van der Waals surface area contributed by atoms with Gasteiger partial charge in [0.2, 0.25) is 0 Å². The van der Waals surface area contributed by atoms with Gasteiger partial charge in [-0.3, -0.25) is 4.98 Å². The molecule has 3 rings (SSSR count). The van der Waals surface area contributed by atoms with Gasteiger partial charge in [0, 0.05) is 11.8 Å². The number of hydrogen-bond acceptors (Lipinski definition) is 3. The van der Waals surface area contributed by atoms with Crippen LogP contribution >= 0.6 is 0 Å². The number of hydrogen-bond donors (Lipinski definition) is 1. The molecule has 1 aromatic carbocycles. The Hall–Kier alpha value is -2.62. The average molecular weight is 278 g/mol. The highest BCUT2D eigenvalue weighted by Crippen LogP contribution is 2.32. The molecule has 0 bridgehead atoms. The van der Waals surface area contributed by atoms with E-state index in [2.05, 4.69) is 10.1 Å². The number of nitrogen functional groups attached to an aromatic ring is 1. The Morgan fingerprint density at radius 1 is 1.00 bits per heavy atom. The first-order chi connectivity index (χ1) is 10.1. The van der Waals surface area contributed by atoms with E-state index in [1.165, 1.54) is 0 Å². The Bertz CT molecular complexity index is 788. The minimum absolute atomic E-state index is 0.719. The van der Waals surface area contributed by atoms with E-state index in [4.69, 9.17) is 5.73 Å². The maximum Gasteiger partial charge on any atom is 0.0971 e. The normalized spacial score (nSPS) is 10.8. The number of para-hydroxylation sites is 1. The molecule has 0 radical (unpaired) electrons. The maximum atomic E-state index is 6.20. The molecule has 21 heavy (non-hydrogen) atoms. The summed E-state index contributed by atoms with van der Waals surface area (Å²) in [5.74, 6) is 0. The smallest absolute Gasteiger partial charge is 0.0971 e. The summed E-state index contributed by atoms with van der Waals surface area (Å²) in [6.45, 7) is 6.03. The van der Waals surface area contributed by atoms with Gasteiger partial charge in [-0.15, -0.1) is 0 Å². The van der Waals surface area contributed by atoms with Crippen molar-refractivity contribution in [3.8, 4) is 16.9 Å². The van der Waals surface area contributed by atoms with Crippen molar-refractivity contribution in [1.29, 1.82) is 0 Å². The molecule has 0 atom stereocenters. The molecule has 2 heterocycles. The molecule has 0 aliphatic heterocycles. The Morgan fingerprint density at radius 2 is 1.71 bits per heavy atom. The van der Waals surface area contributed by atoms with Crippen LogP contribution in [0.4, 0.5) is 5.69 Å². The Kier molecular flexibility index (Phi) is 3.22. The summed E-state index contributed by atoms with van der Waals surface area (Å²) in [6, 6.07) is 12.0. The average Bonchev–Trinajstić information content (AvgIpc) is 2.78. The highest BCUT2D eigenvalue weighted by molar-refractivity contribution is 5.78. The summed E-state index contributed by atoms with van der Waals surface area (Å²) in [5, 5.41) is 4.65. The molecule has 0 amide bonds. The minimum atomic E-state index is 0.719. The van der Waals surface area contributed by atoms with E-state index in [9.17, 15) is 0 Å². The fourth-order valence-electron chi connectivity index (χ4n) is 2.57. The molecule has 0 aliphatic rings. The van der Waals surface area contributed by atoms with Gasteiger partial charge in [0.15, 0.2) is 0 Å². The predicted octanol–water partition coefficient (Wildman–Crippen LogP) is 3.44. The number of aryl methyl sites for hydroxylation is 2. The van der Waals surface area contributed by atoms with Crippen LogP contribution in [0.25, 0.3) is 16.9 Å². The summed E-state index contributed by atoms with van der Waals surface area (Å²) < 4.78 is 1.94. The van der Waals surface area contributed by atoms with E-state index in [-0.39, 0.29) is 0 Å². The van der Waals surface area contributed by atoms with Crippen molar-refractivity contribution in [2.75, 3.05) is 5.73 Å². The van der Waals surface area contributed by atoms with Crippen LogP contribution in [-0.2, 0) is 0 Å². The van der Waals surface area contributed by atoms with Crippen molar-refractivity contribution in [3.63, 3.8) is 0 Å². The van der Waals surface area contributed by atoms with Gasteiger partial charge in [0.25, 0.3) is 0 Å². The molecular weight excluding hydrogens is 260 g/mol. The summed E-state index contributed by atoms with van der Waals surface area (Å²) in [6.07, 6.45) is 1.79. The highest BCUT2D eigenvalue weighted by atomic mass is 15.3. The third kappa shape index (κ3) is 2.18. The van der Waals surface area contributed by atoms with Gasteiger partial charge in [0.05, 0.1) is 28.5 Å². The standard InChI is InChI=1S/C17H18N4/c1-11-9-10-19-17(16(11)18)15-12(2)20-21(13(15)3)14-7-5-4-6-8-14/h4-10H,18H2,1-3H3. The summed E-state index contributed by atoms with van der Waals surface area (Å²) in [7, 11) is 0. The lowest BCUT2D eigenvalue weighted by Gasteiger charge is -2.08. The SMILES string of the molecule is Cc1ccnc(-c2c(C)nn(-c3ccccc3)c2C)c1N. The fraction of sp³-hybridized carbons (Fsp3) is 0.176. The monoisotopic (exact) mass is 278 g/mol. The van der Waals surface area contributed by atoms with Gasteiger partial charge < -0.3 is 5.73 Å². The first kappa shape index (κ1) is 13.4. The van der Waals surface area contributed by atoms with Gasteiger partial charge in [-0.1, -0.05) is 18.2 Å². The van der Waals surface area contributed by atoms with E-state index < -0.39 is 0 Å². The van der Waals surface area contributed by atoms with Crippen molar-refractivity contribution in [1.82, 2.24) is 14.8 Å². The summed E-state index contributed by atoms with van der Waals surface area (Å²) in [5.41, 5.74) is 12.8. The number of rotatable bonds is 2. The first-order valence-electron chi connectivity index (χ1n) is 6.92. The second-order valence-electron chi connectivity index (χ2n) is 5.18. The molecule has 106 valence electrons. The second kappa shape index (κ2) is 5.05. The highest BCUT2D eigenvalue weighted by Gasteiger charge is 2.18. The molecule has 4 heteroatoms. The number of nitrogens with zero attached hydrogens (tertiary/aromatic N) is 3. The first-order valence-corrected chi connectivity index (χ1v) is 6.92. The molecule has 0 unspecified atom stereocenters. The largest absolute Gasteiger partial charge is 0.397 e. The van der Waals surface area contributed by atoms with Crippen molar-refractivity contribution in [2.45, 2.75) is 20.8 Å². The van der Waals surface area contributed by atoms with Gasteiger partial charge in [-0.2, -0.15) is 5.10 Å². The lowest BCUT2D eigenvalue weighted by molar-refractivity contribution is 0.834. The molecule has 2 N–H and O–H groups in total. The fourth-order valence-corrected chi connectivity index (χ4v) is 2.57.